The molecule has 0 aliphatic carbocycles. The van der Waals surface area contributed by atoms with E-state index in [4.69, 9.17) is 0 Å². The molecule has 4 heteroatoms. The number of rotatable bonds is 2. The van der Waals surface area contributed by atoms with Crippen LogP contribution in [0.5, 0.6) is 0 Å². The van der Waals surface area contributed by atoms with Gasteiger partial charge in [0.25, 0.3) is 0 Å². The van der Waals surface area contributed by atoms with Gasteiger partial charge in [0.2, 0.25) is 0 Å². The van der Waals surface area contributed by atoms with Crippen molar-refractivity contribution in [2.75, 3.05) is 22.9 Å². The maximum absolute atomic E-state index is 12.9. The number of carbonyl (C=O) groups is 2. The zero-order valence-electron chi connectivity index (χ0n) is 14.2. The second-order valence-electron chi connectivity index (χ2n) is 6.08. The minimum atomic E-state index is -0.472. The van der Waals surface area contributed by atoms with E-state index >= 15 is 0 Å². The molecular weight excluding hydrogens is 300 g/mol. The van der Waals surface area contributed by atoms with E-state index in [0.29, 0.717) is 13.1 Å². The zero-order chi connectivity index (χ0) is 17.1. The summed E-state index contributed by atoms with van der Waals surface area (Å²) in [5.74, 6) is -0.926. The highest BCUT2D eigenvalue weighted by Crippen LogP contribution is 2.27. The van der Waals surface area contributed by atoms with Crippen LogP contribution in [-0.4, -0.2) is 24.9 Å². The third-order valence-corrected chi connectivity index (χ3v) is 4.41. The Morgan fingerprint density at radius 1 is 1.12 bits per heavy atom. The maximum Gasteiger partial charge on any atom is 0.316 e. The topological polar surface area (TPSA) is 40.6 Å². The summed E-state index contributed by atoms with van der Waals surface area (Å²) in [6.45, 7) is 4.92. The van der Waals surface area contributed by atoms with Crippen LogP contribution in [0, 0.1) is 6.92 Å². The smallest absolute Gasteiger partial charge is 0.304 e. The number of aryl methyl sites for hydroxylation is 2. The Balaban J connectivity index is 1.88. The van der Waals surface area contributed by atoms with Crippen LogP contribution in [0.1, 0.15) is 24.5 Å². The standard InChI is InChI=1S/C20H22N2O2/c1-3-21(17-11-6-8-15(2)14-17)19(23)20(24)22-13-7-10-16-9-4-5-12-18(16)22/h4-6,8-9,11-12,14H,3,7,10,13H2,1-2H3. The van der Waals surface area contributed by atoms with E-state index in [2.05, 4.69) is 0 Å². The number of hydrogen-bond acceptors (Lipinski definition) is 2. The van der Waals surface area contributed by atoms with Crippen LogP contribution in [0.2, 0.25) is 0 Å². The number of fused-ring (bicyclic) bond motifs is 1. The third-order valence-electron chi connectivity index (χ3n) is 4.41. The Hall–Kier alpha value is -2.62. The summed E-state index contributed by atoms with van der Waals surface area (Å²) in [4.78, 5) is 28.9. The molecule has 0 N–H and O–H groups in total. The lowest BCUT2D eigenvalue weighted by Crippen LogP contribution is -2.47. The number of carbonyl (C=O) groups excluding carboxylic acids is 2. The highest BCUT2D eigenvalue weighted by molar-refractivity contribution is 6.45. The van der Waals surface area contributed by atoms with Gasteiger partial charge in [0.15, 0.2) is 0 Å². The molecule has 4 nitrogen and oxygen atoms in total. The normalized spacial score (nSPS) is 13.3. The number of nitrogens with zero attached hydrogens (tertiary/aromatic N) is 2. The molecule has 124 valence electrons. The molecule has 2 amide bonds. The molecular formula is C20H22N2O2. The summed E-state index contributed by atoms with van der Waals surface area (Å²) in [6, 6.07) is 15.5. The first kappa shape index (κ1) is 16.2. The van der Waals surface area contributed by atoms with E-state index in [9.17, 15) is 9.59 Å². The summed E-state index contributed by atoms with van der Waals surface area (Å²) in [6.07, 6.45) is 1.83. The SMILES string of the molecule is CCN(C(=O)C(=O)N1CCCc2ccccc21)c1cccc(C)c1. The molecule has 0 saturated carbocycles. The number of anilines is 2. The van der Waals surface area contributed by atoms with Crippen LogP contribution in [0.4, 0.5) is 11.4 Å². The van der Waals surface area contributed by atoms with Crippen molar-refractivity contribution in [3.8, 4) is 0 Å². The van der Waals surface area contributed by atoms with E-state index in [1.165, 1.54) is 0 Å². The molecule has 0 saturated heterocycles. The fourth-order valence-corrected chi connectivity index (χ4v) is 3.21. The molecule has 0 fully saturated rings. The van der Waals surface area contributed by atoms with Crippen LogP contribution in [0.15, 0.2) is 48.5 Å². The fourth-order valence-electron chi connectivity index (χ4n) is 3.21. The Bertz CT molecular complexity index is 770. The molecule has 24 heavy (non-hydrogen) atoms. The summed E-state index contributed by atoms with van der Waals surface area (Å²) in [5.41, 5.74) is 3.82. The molecule has 2 aromatic carbocycles. The fraction of sp³-hybridized carbons (Fsp3) is 0.300. The molecule has 1 aliphatic rings. The lowest BCUT2D eigenvalue weighted by molar-refractivity contribution is -0.136. The van der Waals surface area contributed by atoms with Gasteiger partial charge in [-0.25, -0.2) is 0 Å². The number of hydrogen-bond donors (Lipinski definition) is 0. The van der Waals surface area contributed by atoms with Crippen LogP contribution >= 0.6 is 0 Å². The third kappa shape index (κ3) is 3.04. The first-order valence-corrected chi connectivity index (χ1v) is 8.39. The monoisotopic (exact) mass is 322 g/mol. The van der Waals surface area contributed by atoms with E-state index in [0.717, 1.165) is 35.3 Å². The molecule has 1 aliphatic heterocycles. The summed E-state index contributed by atoms with van der Waals surface area (Å²) < 4.78 is 0. The highest BCUT2D eigenvalue weighted by Gasteiger charge is 2.30. The predicted molar refractivity (Wildman–Crippen MR) is 96.3 cm³/mol. The maximum atomic E-state index is 12.9. The Morgan fingerprint density at radius 3 is 2.67 bits per heavy atom. The second kappa shape index (κ2) is 6.87. The second-order valence-corrected chi connectivity index (χ2v) is 6.08. The van der Waals surface area contributed by atoms with Gasteiger partial charge in [-0.3, -0.25) is 9.59 Å². The van der Waals surface area contributed by atoms with Gasteiger partial charge in [-0.05, 0) is 56.0 Å². The van der Waals surface area contributed by atoms with Crippen molar-refractivity contribution < 1.29 is 9.59 Å². The van der Waals surface area contributed by atoms with Crippen LogP contribution in [0.25, 0.3) is 0 Å². The largest absolute Gasteiger partial charge is 0.316 e. The van der Waals surface area contributed by atoms with Crippen molar-refractivity contribution in [2.24, 2.45) is 0 Å². The average Bonchev–Trinajstić information content (AvgIpc) is 2.61. The van der Waals surface area contributed by atoms with Crippen molar-refractivity contribution in [2.45, 2.75) is 26.7 Å². The van der Waals surface area contributed by atoms with Gasteiger partial charge in [0.05, 0.1) is 0 Å². The minimum absolute atomic E-state index is 0.453. The molecule has 0 atom stereocenters. The molecule has 3 rings (SSSR count). The molecule has 0 radical (unpaired) electrons. The van der Waals surface area contributed by atoms with E-state index in [1.54, 1.807) is 9.80 Å². The number of amides is 2. The zero-order valence-corrected chi connectivity index (χ0v) is 14.2. The predicted octanol–water partition coefficient (Wildman–Crippen LogP) is 3.33. The Labute approximate surface area is 142 Å². The van der Waals surface area contributed by atoms with Gasteiger partial charge in [-0.1, -0.05) is 30.3 Å². The van der Waals surface area contributed by atoms with Gasteiger partial charge < -0.3 is 9.80 Å². The van der Waals surface area contributed by atoms with E-state index in [1.807, 2.05) is 62.4 Å². The lowest BCUT2D eigenvalue weighted by atomic mass is 10.0. The number of benzene rings is 2. The minimum Gasteiger partial charge on any atom is -0.304 e. The first-order valence-electron chi connectivity index (χ1n) is 8.39. The van der Waals surface area contributed by atoms with E-state index in [-0.39, 0.29) is 0 Å². The van der Waals surface area contributed by atoms with Crippen LogP contribution in [-0.2, 0) is 16.0 Å². The number of para-hydroxylation sites is 1. The highest BCUT2D eigenvalue weighted by atomic mass is 16.2. The van der Waals surface area contributed by atoms with Crippen LogP contribution < -0.4 is 9.80 Å². The molecule has 1 heterocycles. The van der Waals surface area contributed by atoms with Crippen LogP contribution in [0.3, 0.4) is 0 Å². The van der Waals surface area contributed by atoms with Gasteiger partial charge in [-0.15, -0.1) is 0 Å². The molecule has 0 aromatic heterocycles. The van der Waals surface area contributed by atoms with Crippen molar-refractivity contribution >= 4 is 23.2 Å². The van der Waals surface area contributed by atoms with Gasteiger partial charge >= 0.3 is 11.8 Å². The summed E-state index contributed by atoms with van der Waals surface area (Å²) in [7, 11) is 0. The van der Waals surface area contributed by atoms with Crippen molar-refractivity contribution in [3.05, 3.63) is 59.7 Å². The van der Waals surface area contributed by atoms with Crippen molar-refractivity contribution in [1.82, 2.24) is 0 Å². The van der Waals surface area contributed by atoms with Gasteiger partial charge in [0.1, 0.15) is 0 Å². The summed E-state index contributed by atoms with van der Waals surface area (Å²) >= 11 is 0. The molecule has 2 aromatic rings. The summed E-state index contributed by atoms with van der Waals surface area (Å²) in [5, 5.41) is 0. The Morgan fingerprint density at radius 2 is 1.92 bits per heavy atom. The Kier molecular flexibility index (Phi) is 4.65. The van der Waals surface area contributed by atoms with Gasteiger partial charge in [0, 0.05) is 24.5 Å². The quantitative estimate of drug-likeness (QED) is 0.796. The van der Waals surface area contributed by atoms with Gasteiger partial charge in [-0.2, -0.15) is 0 Å². The number of likely N-dealkylation sites (N-methyl/N-ethyl adjacent to an activating group) is 1. The van der Waals surface area contributed by atoms with Crippen molar-refractivity contribution in [3.63, 3.8) is 0 Å². The first-order chi connectivity index (χ1) is 11.6. The lowest BCUT2D eigenvalue weighted by Gasteiger charge is -2.31. The molecule has 0 bridgehead atoms. The van der Waals surface area contributed by atoms with E-state index < -0.39 is 11.8 Å². The molecule has 0 unspecified atom stereocenters. The average molecular weight is 322 g/mol. The van der Waals surface area contributed by atoms with Crippen molar-refractivity contribution in [1.29, 1.82) is 0 Å². The molecule has 0 spiro atoms.